The summed E-state index contributed by atoms with van der Waals surface area (Å²) in [7, 11) is 0. The molecule has 6 heteroatoms. The summed E-state index contributed by atoms with van der Waals surface area (Å²) in [5.74, 6) is -4.38. The van der Waals surface area contributed by atoms with E-state index in [0.717, 1.165) is 11.1 Å². The number of aromatic hydroxyl groups is 1. The van der Waals surface area contributed by atoms with Gasteiger partial charge in [0.1, 0.15) is 5.75 Å². The number of hydrogen-bond acceptors (Lipinski definition) is 5. The zero-order chi connectivity index (χ0) is 33.2. The van der Waals surface area contributed by atoms with Crippen molar-refractivity contribution in [2.24, 2.45) is 23.7 Å². The van der Waals surface area contributed by atoms with Gasteiger partial charge in [-0.1, -0.05) is 115 Å². The fraction of sp³-hybridized carbons (Fsp3) is 0.190. The number of phenolic OH excluding ortho intramolecular Hbond substituents is 1. The van der Waals surface area contributed by atoms with Crippen LogP contribution in [-0.2, 0) is 24.6 Å². The highest BCUT2D eigenvalue weighted by Crippen LogP contribution is 2.64. The van der Waals surface area contributed by atoms with Crippen molar-refractivity contribution in [2.75, 3.05) is 4.90 Å². The second-order valence-electron chi connectivity index (χ2n) is 13.2. The highest BCUT2D eigenvalue weighted by atomic mass is 16.3. The third-order valence-corrected chi connectivity index (χ3v) is 11.0. The van der Waals surface area contributed by atoms with E-state index < -0.39 is 35.0 Å². The average Bonchev–Trinajstić information content (AvgIpc) is 3.39. The number of allylic oxidation sites excluding steroid dienone is 4. The molecule has 0 bridgehead atoms. The lowest BCUT2D eigenvalue weighted by Gasteiger charge is -2.55. The summed E-state index contributed by atoms with van der Waals surface area (Å²) in [6, 6.07) is 32.7. The van der Waals surface area contributed by atoms with E-state index in [2.05, 4.69) is 6.58 Å². The Balaban J connectivity index is 1.34. The number of anilines is 1. The van der Waals surface area contributed by atoms with Gasteiger partial charge >= 0.3 is 0 Å². The van der Waals surface area contributed by atoms with Crippen LogP contribution in [0.25, 0.3) is 11.6 Å². The highest BCUT2D eigenvalue weighted by Gasteiger charge is 2.66. The van der Waals surface area contributed by atoms with E-state index >= 15 is 4.79 Å². The molecule has 8 rings (SSSR count). The number of benzene rings is 4. The normalized spacial score (nSPS) is 27.8. The molecule has 2 amide bonds. The number of amides is 2. The summed E-state index contributed by atoms with van der Waals surface area (Å²) in [6.45, 7) is 3.80. The number of phenols is 1. The molecule has 1 saturated heterocycles. The van der Waals surface area contributed by atoms with Crippen molar-refractivity contribution >= 4 is 40.7 Å². The molecule has 2 fully saturated rings. The fourth-order valence-corrected chi connectivity index (χ4v) is 8.96. The first-order chi connectivity index (χ1) is 23.4. The van der Waals surface area contributed by atoms with Gasteiger partial charge < -0.3 is 5.11 Å². The number of para-hydroxylation sites is 1. The van der Waals surface area contributed by atoms with E-state index in [-0.39, 0.29) is 35.6 Å². The number of Topliss-reactive ketones (excluding diaryl/α,β-unsaturated/α-hetero) is 1. The molecule has 4 aromatic rings. The van der Waals surface area contributed by atoms with Crippen LogP contribution < -0.4 is 4.90 Å². The van der Waals surface area contributed by atoms with E-state index in [0.29, 0.717) is 34.4 Å². The molecule has 0 radical (unpaired) electrons. The summed E-state index contributed by atoms with van der Waals surface area (Å²) in [5, 5.41) is 11.4. The van der Waals surface area contributed by atoms with E-state index in [9.17, 15) is 19.5 Å². The van der Waals surface area contributed by atoms with Crippen molar-refractivity contribution in [1.82, 2.24) is 0 Å². The van der Waals surface area contributed by atoms with Crippen LogP contribution in [0.4, 0.5) is 5.69 Å². The largest absolute Gasteiger partial charge is 0.508 e. The summed E-state index contributed by atoms with van der Waals surface area (Å²) >= 11 is 0. The van der Waals surface area contributed by atoms with E-state index in [4.69, 9.17) is 0 Å². The topological polar surface area (TPSA) is 91.8 Å². The second kappa shape index (κ2) is 11.3. The van der Waals surface area contributed by atoms with Gasteiger partial charge in [-0.2, -0.15) is 0 Å². The Morgan fingerprint density at radius 1 is 0.771 bits per heavy atom. The molecule has 1 saturated carbocycles. The quantitative estimate of drug-likeness (QED) is 0.188. The van der Waals surface area contributed by atoms with Crippen molar-refractivity contribution in [3.05, 3.63) is 156 Å². The molecule has 1 aliphatic heterocycles. The molecule has 48 heavy (non-hydrogen) atoms. The first-order valence-corrected chi connectivity index (χ1v) is 16.4. The predicted octanol–water partition coefficient (Wildman–Crippen LogP) is 7.06. The SMILES string of the molecule is C=Cc1ccc(N2C(=O)C3CC=C4C(CC5C(=O)C(c6ccccc6)=CC(=O)C5(c5ccccc5)C4c4ccccc4O)C3C2=O)cc1. The summed E-state index contributed by atoms with van der Waals surface area (Å²) in [4.78, 5) is 59.7. The van der Waals surface area contributed by atoms with Gasteiger partial charge in [0.25, 0.3) is 0 Å². The van der Waals surface area contributed by atoms with Gasteiger partial charge in [-0.25, -0.2) is 0 Å². The van der Waals surface area contributed by atoms with Crippen LogP contribution in [0.2, 0.25) is 0 Å². The number of carbonyl (C=O) groups is 4. The lowest BCUT2D eigenvalue weighted by atomic mass is 9.44. The van der Waals surface area contributed by atoms with Crippen molar-refractivity contribution in [1.29, 1.82) is 0 Å². The smallest absolute Gasteiger partial charge is 0.238 e. The fourth-order valence-electron chi connectivity index (χ4n) is 8.96. The Morgan fingerprint density at radius 2 is 1.44 bits per heavy atom. The number of ketones is 2. The molecule has 6 atom stereocenters. The van der Waals surface area contributed by atoms with Crippen molar-refractivity contribution in [2.45, 2.75) is 24.2 Å². The molecule has 4 aromatic carbocycles. The standard InChI is InChI=1S/C42H33NO5/c1-2-25-17-19-28(20-18-25)43-40(47)31-22-21-29-33(37(31)41(43)48)23-34-39(46)32(26-11-5-3-6-12-26)24-36(45)42(34,27-13-7-4-8-14-27)38(29)30-15-9-10-16-35(30)44/h2-21,24,31,33-34,37-38,44H,1,22-23H2. The minimum atomic E-state index is -1.38. The van der Waals surface area contributed by atoms with Gasteiger partial charge in [-0.3, -0.25) is 24.1 Å². The molecular weight excluding hydrogens is 598 g/mol. The van der Waals surface area contributed by atoms with Gasteiger partial charge in [0.05, 0.1) is 22.9 Å². The van der Waals surface area contributed by atoms with Gasteiger partial charge in [0.2, 0.25) is 11.8 Å². The van der Waals surface area contributed by atoms with Gasteiger partial charge in [0, 0.05) is 23.0 Å². The summed E-state index contributed by atoms with van der Waals surface area (Å²) in [5.41, 5.74) is 3.01. The summed E-state index contributed by atoms with van der Waals surface area (Å²) in [6.07, 6.45) is 5.72. The minimum absolute atomic E-state index is 0.0103. The number of imide groups is 1. The Labute approximate surface area is 278 Å². The third kappa shape index (κ3) is 4.18. The molecule has 1 heterocycles. The molecule has 3 aliphatic carbocycles. The van der Waals surface area contributed by atoms with E-state index in [1.54, 1.807) is 36.4 Å². The zero-order valence-electron chi connectivity index (χ0n) is 26.2. The van der Waals surface area contributed by atoms with E-state index in [1.165, 1.54) is 11.0 Å². The predicted molar refractivity (Wildman–Crippen MR) is 184 cm³/mol. The molecule has 4 aliphatic rings. The molecule has 1 N–H and O–H groups in total. The Kier molecular flexibility index (Phi) is 6.99. The summed E-state index contributed by atoms with van der Waals surface area (Å²) < 4.78 is 0. The molecule has 6 unspecified atom stereocenters. The Bertz CT molecular complexity index is 2060. The van der Waals surface area contributed by atoms with Gasteiger partial charge in [-0.15, -0.1) is 0 Å². The number of nitrogens with zero attached hydrogens (tertiary/aromatic N) is 1. The minimum Gasteiger partial charge on any atom is -0.508 e. The zero-order valence-corrected chi connectivity index (χ0v) is 26.2. The van der Waals surface area contributed by atoms with Crippen molar-refractivity contribution in [3.8, 4) is 5.75 Å². The number of carbonyl (C=O) groups excluding carboxylic acids is 4. The Hall–Kier alpha value is -5.62. The highest BCUT2D eigenvalue weighted by molar-refractivity contribution is 6.32. The number of fused-ring (bicyclic) bond motifs is 4. The first-order valence-electron chi connectivity index (χ1n) is 16.4. The van der Waals surface area contributed by atoms with Gasteiger partial charge in [0.15, 0.2) is 11.6 Å². The van der Waals surface area contributed by atoms with Crippen LogP contribution in [0.15, 0.2) is 133 Å². The molecule has 6 nitrogen and oxygen atoms in total. The van der Waals surface area contributed by atoms with Crippen LogP contribution in [-0.4, -0.2) is 28.5 Å². The third-order valence-electron chi connectivity index (χ3n) is 11.0. The number of hydrogen-bond donors (Lipinski definition) is 1. The average molecular weight is 632 g/mol. The Morgan fingerprint density at radius 3 is 2.12 bits per heavy atom. The van der Waals surface area contributed by atoms with Crippen LogP contribution in [0, 0.1) is 23.7 Å². The maximum absolute atomic E-state index is 15.0. The monoisotopic (exact) mass is 631 g/mol. The maximum atomic E-state index is 15.0. The van der Waals surface area contributed by atoms with Crippen molar-refractivity contribution < 1.29 is 24.3 Å². The molecular formula is C42H33NO5. The van der Waals surface area contributed by atoms with Crippen molar-refractivity contribution in [3.63, 3.8) is 0 Å². The van der Waals surface area contributed by atoms with Crippen LogP contribution in [0.5, 0.6) is 5.75 Å². The number of rotatable bonds is 5. The first kappa shape index (κ1) is 29.8. The maximum Gasteiger partial charge on any atom is 0.238 e. The van der Waals surface area contributed by atoms with Gasteiger partial charge in [-0.05, 0) is 59.7 Å². The molecule has 0 spiro atoms. The lowest BCUT2D eigenvalue weighted by Crippen LogP contribution is -2.58. The lowest BCUT2D eigenvalue weighted by molar-refractivity contribution is -0.135. The van der Waals surface area contributed by atoms with Crippen LogP contribution in [0.3, 0.4) is 0 Å². The van der Waals surface area contributed by atoms with E-state index in [1.807, 2.05) is 84.9 Å². The molecule has 236 valence electrons. The second-order valence-corrected chi connectivity index (χ2v) is 13.2. The van der Waals surface area contributed by atoms with Crippen LogP contribution >= 0.6 is 0 Å². The van der Waals surface area contributed by atoms with Crippen LogP contribution in [0.1, 0.15) is 41.0 Å². The molecule has 0 aromatic heterocycles.